The number of benzene rings is 1. The predicted octanol–water partition coefficient (Wildman–Crippen LogP) is 4.58. The Morgan fingerprint density at radius 3 is 2.55 bits per heavy atom. The van der Waals surface area contributed by atoms with Crippen molar-refractivity contribution in [1.29, 1.82) is 0 Å². The molecule has 0 bridgehead atoms. The van der Waals surface area contributed by atoms with Gasteiger partial charge in [-0.1, -0.05) is 30.5 Å². The third kappa shape index (κ3) is 3.53. The zero-order valence-corrected chi connectivity index (χ0v) is 12.6. The van der Waals surface area contributed by atoms with Crippen molar-refractivity contribution >= 4 is 11.6 Å². The van der Waals surface area contributed by atoms with E-state index in [2.05, 4.69) is 5.32 Å². The minimum Gasteiger partial charge on any atom is -0.314 e. The van der Waals surface area contributed by atoms with Crippen LogP contribution in [0.15, 0.2) is 18.2 Å². The molecule has 2 saturated carbocycles. The van der Waals surface area contributed by atoms with Gasteiger partial charge in [0.25, 0.3) is 0 Å². The summed E-state index contributed by atoms with van der Waals surface area (Å²) in [4.78, 5) is 0. The number of hydrogen-bond acceptors (Lipinski definition) is 1. The van der Waals surface area contributed by atoms with Gasteiger partial charge < -0.3 is 5.32 Å². The highest BCUT2D eigenvalue weighted by molar-refractivity contribution is 6.31. The van der Waals surface area contributed by atoms with Crippen LogP contribution in [0.4, 0.5) is 4.39 Å². The van der Waals surface area contributed by atoms with Gasteiger partial charge in [0.05, 0.1) is 0 Å². The van der Waals surface area contributed by atoms with E-state index in [0.29, 0.717) is 16.9 Å². The topological polar surface area (TPSA) is 12.0 Å². The van der Waals surface area contributed by atoms with Crippen molar-refractivity contribution in [3.05, 3.63) is 34.6 Å². The number of halogens is 2. The van der Waals surface area contributed by atoms with E-state index in [9.17, 15) is 4.39 Å². The second-order valence-electron chi connectivity index (χ2n) is 6.39. The highest BCUT2D eigenvalue weighted by atomic mass is 35.5. The molecule has 2 atom stereocenters. The fraction of sp³-hybridized carbons (Fsp3) is 0.647. The Morgan fingerprint density at radius 1 is 1.10 bits per heavy atom. The molecule has 1 nitrogen and oxygen atoms in total. The molecule has 3 rings (SSSR count). The first-order chi connectivity index (χ1) is 9.74. The van der Waals surface area contributed by atoms with Crippen LogP contribution in [0.25, 0.3) is 0 Å². The minimum atomic E-state index is -0.142. The smallest absolute Gasteiger partial charge is 0.127 e. The van der Waals surface area contributed by atoms with Crippen LogP contribution in [0.5, 0.6) is 0 Å². The fourth-order valence-corrected chi connectivity index (χ4v) is 3.66. The maximum atomic E-state index is 14.0. The molecule has 2 unspecified atom stereocenters. The van der Waals surface area contributed by atoms with Crippen LogP contribution in [0.1, 0.15) is 44.1 Å². The Labute approximate surface area is 125 Å². The first-order valence-electron chi connectivity index (χ1n) is 7.90. The predicted molar refractivity (Wildman–Crippen MR) is 81.6 cm³/mol. The summed E-state index contributed by atoms with van der Waals surface area (Å²) in [5, 5.41) is 4.23. The molecule has 3 heteroatoms. The lowest BCUT2D eigenvalue weighted by Gasteiger charge is -2.32. The van der Waals surface area contributed by atoms with Gasteiger partial charge in [0, 0.05) is 16.6 Å². The quantitative estimate of drug-likeness (QED) is 0.838. The van der Waals surface area contributed by atoms with Crippen LogP contribution in [0, 0.1) is 17.7 Å². The Morgan fingerprint density at radius 2 is 1.85 bits per heavy atom. The Bertz CT molecular complexity index is 438. The Hall–Kier alpha value is -0.600. The monoisotopic (exact) mass is 295 g/mol. The SMILES string of the molecule is Fc1cccc(Cl)c1CC1CCCCC1CNC1CC1. The van der Waals surface area contributed by atoms with Crippen molar-refractivity contribution < 1.29 is 4.39 Å². The average molecular weight is 296 g/mol. The van der Waals surface area contributed by atoms with Crippen LogP contribution in [0.3, 0.4) is 0 Å². The van der Waals surface area contributed by atoms with E-state index in [1.165, 1.54) is 44.6 Å². The zero-order chi connectivity index (χ0) is 13.9. The van der Waals surface area contributed by atoms with Gasteiger partial charge in [0.1, 0.15) is 5.82 Å². The molecule has 0 amide bonds. The fourth-order valence-electron chi connectivity index (χ4n) is 3.42. The van der Waals surface area contributed by atoms with E-state index in [0.717, 1.165) is 24.6 Å². The van der Waals surface area contributed by atoms with E-state index < -0.39 is 0 Å². The Kier molecular flexibility index (Phi) is 4.62. The van der Waals surface area contributed by atoms with Gasteiger partial charge in [-0.05, 0) is 62.6 Å². The van der Waals surface area contributed by atoms with Gasteiger partial charge in [0.15, 0.2) is 0 Å². The molecular formula is C17H23ClFN. The second kappa shape index (κ2) is 6.44. The summed E-state index contributed by atoms with van der Waals surface area (Å²) in [6, 6.07) is 5.78. The summed E-state index contributed by atoms with van der Waals surface area (Å²) in [5.41, 5.74) is 0.720. The molecule has 0 radical (unpaired) electrons. The van der Waals surface area contributed by atoms with Crippen molar-refractivity contribution in [2.45, 2.75) is 51.0 Å². The maximum Gasteiger partial charge on any atom is 0.127 e. The van der Waals surface area contributed by atoms with Gasteiger partial charge in [-0.15, -0.1) is 0 Å². The highest BCUT2D eigenvalue weighted by Crippen LogP contribution is 2.35. The van der Waals surface area contributed by atoms with Crippen LogP contribution >= 0.6 is 11.6 Å². The standard InChI is InChI=1S/C17H23ClFN/c18-16-6-3-7-17(19)15(16)10-12-4-1-2-5-13(12)11-20-14-8-9-14/h3,6-7,12-14,20H,1-2,4-5,8-11H2. The lowest BCUT2D eigenvalue weighted by Crippen LogP contribution is -2.32. The second-order valence-corrected chi connectivity index (χ2v) is 6.80. The van der Waals surface area contributed by atoms with E-state index >= 15 is 0 Å². The normalized spacial score (nSPS) is 26.7. The molecule has 2 aliphatic rings. The van der Waals surface area contributed by atoms with Gasteiger partial charge in [0.2, 0.25) is 0 Å². The molecule has 20 heavy (non-hydrogen) atoms. The van der Waals surface area contributed by atoms with Gasteiger partial charge in [-0.3, -0.25) is 0 Å². The van der Waals surface area contributed by atoms with E-state index in [1.54, 1.807) is 12.1 Å². The number of nitrogens with one attached hydrogen (secondary N) is 1. The van der Waals surface area contributed by atoms with E-state index in [4.69, 9.17) is 11.6 Å². The summed E-state index contributed by atoms with van der Waals surface area (Å²) in [7, 11) is 0. The summed E-state index contributed by atoms with van der Waals surface area (Å²) in [6.07, 6.45) is 8.53. The first-order valence-corrected chi connectivity index (χ1v) is 8.28. The summed E-state index contributed by atoms with van der Waals surface area (Å²) >= 11 is 6.18. The summed E-state index contributed by atoms with van der Waals surface area (Å²) < 4.78 is 14.0. The summed E-state index contributed by atoms with van der Waals surface area (Å²) in [6.45, 7) is 1.10. The highest BCUT2D eigenvalue weighted by Gasteiger charge is 2.29. The third-order valence-electron chi connectivity index (χ3n) is 4.84. The van der Waals surface area contributed by atoms with Crippen LogP contribution in [-0.4, -0.2) is 12.6 Å². The third-order valence-corrected chi connectivity index (χ3v) is 5.19. The molecule has 2 fully saturated rings. The molecule has 1 aromatic rings. The van der Waals surface area contributed by atoms with Gasteiger partial charge >= 0.3 is 0 Å². The number of rotatable bonds is 5. The van der Waals surface area contributed by atoms with E-state index in [-0.39, 0.29) is 5.82 Å². The van der Waals surface area contributed by atoms with Crippen molar-refractivity contribution in [3.63, 3.8) is 0 Å². The molecule has 1 aromatic carbocycles. The van der Waals surface area contributed by atoms with Crippen molar-refractivity contribution in [3.8, 4) is 0 Å². The number of hydrogen-bond donors (Lipinski definition) is 1. The van der Waals surface area contributed by atoms with Gasteiger partial charge in [-0.2, -0.15) is 0 Å². The van der Waals surface area contributed by atoms with Crippen molar-refractivity contribution in [1.82, 2.24) is 5.32 Å². The molecule has 2 aliphatic carbocycles. The van der Waals surface area contributed by atoms with Crippen molar-refractivity contribution in [2.24, 2.45) is 11.8 Å². The van der Waals surface area contributed by atoms with Crippen LogP contribution in [0.2, 0.25) is 5.02 Å². The molecular weight excluding hydrogens is 273 g/mol. The molecule has 1 N–H and O–H groups in total. The zero-order valence-electron chi connectivity index (χ0n) is 11.9. The van der Waals surface area contributed by atoms with Crippen LogP contribution in [-0.2, 0) is 6.42 Å². The molecule has 0 spiro atoms. The molecule has 110 valence electrons. The van der Waals surface area contributed by atoms with Crippen molar-refractivity contribution in [2.75, 3.05) is 6.54 Å². The Balaban J connectivity index is 1.66. The largest absolute Gasteiger partial charge is 0.314 e. The van der Waals surface area contributed by atoms with Crippen LogP contribution < -0.4 is 5.32 Å². The summed E-state index contributed by atoms with van der Waals surface area (Å²) in [5.74, 6) is 1.11. The molecule has 0 aromatic heterocycles. The first kappa shape index (κ1) is 14.3. The molecule has 0 saturated heterocycles. The minimum absolute atomic E-state index is 0.142. The molecule has 0 aliphatic heterocycles. The lowest BCUT2D eigenvalue weighted by molar-refractivity contribution is 0.226. The molecule has 0 heterocycles. The lowest BCUT2D eigenvalue weighted by atomic mass is 9.76. The maximum absolute atomic E-state index is 14.0. The van der Waals surface area contributed by atoms with Gasteiger partial charge in [-0.25, -0.2) is 4.39 Å². The average Bonchev–Trinajstić information content (AvgIpc) is 3.26. The van der Waals surface area contributed by atoms with E-state index in [1.807, 2.05) is 0 Å².